The average Bonchev–Trinajstić information content (AvgIpc) is 2.69. The van der Waals surface area contributed by atoms with Gasteiger partial charge in [-0.1, -0.05) is 11.8 Å². The average molecular weight is 267 g/mol. The van der Waals surface area contributed by atoms with Crippen molar-refractivity contribution < 1.29 is 9.53 Å². The van der Waals surface area contributed by atoms with Crippen molar-refractivity contribution in [2.24, 2.45) is 0 Å². The van der Waals surface area contributed by atoms with E-state index < -0.39 is 0 Å². The van der Waals surface area contributed by atoms with Gasteiger partial charge in [-0.15, -0.1) is 11.3 Å². The number of aromatic nitrogens is 1. The molecule has 0 aliphatic carbocycles. The molecule has 1 heterocycles. The Hall–Kier alpha value is -1.07. The first-order valence-electron chi connectivity index (χ1n) is 5.34. The molecule has 1 aromatic heterocycles. The van der Waals surface area contributed by atoms with Gasteiger partial charge >= 0.3 is 0 Å². The molecule has 0 amide bonds. The van der Waals surface area contributed by atoms with Gasteiger partial charge in [0.15, 0.2) is 4.34 Å². The topological polar surface area (TPSA) is 39.2 Å². The highest BCUT2D eigenvalue weighted by Crippen LogP contribution is 2.31. The lowest BCUT2D eigenvalue weighted by Gasteiger charge is -2.00. The summed E-state index contributed by atoms with van der Waals surface area (Å²) >= 11 is 3.09. The minimum absolute atomic E-state index is 0.171. The van der Waals surface area contributed by atoms with Crippen LogP contribution in [-0.4, -0.2) is 23.1 Å². The number of Topliss-reactive ketones (excluding diaryl/α,β-unsaturated/α-hetero) is 1. The summed E-state index contributed by atoms with van der Waals surface area (Å²) in [5, 5.41) is 0. The SMILES string of the molecule is CCOc1ccc2nc(SCC(C)=O)sc2c1. The fraction of sp³-hybridized carbons (Fsp3) is 0.333. The molecule has 0 aliphatic rings. The molecule has 0 fully saturated rings. The number of hydrogen-bond acceptors (Lipinski definition) is 5. The molecule has 0 spiro atoms. The molecule has 0 unspecified atom stereocenters. The lowest BCUT2D eigenvalue weighted by atomic mass is 10.3. The summed E-state index contributed by atoms with van der Waals surface area (Å²) < 4.78 is 7.47. The summed E-state index contributed by atoms with van der Waals surface area (Å²) in [7, 11) is 0. The van der Waals surface area contributed by atoms with Crippen LogP contribution in [0.1, 0.15) is 13.8 Å². The predicted octanol–water partition coefficient (Wildman–Crippen LogP) is 3.38. The maximum Gasteiger partial charge on any atom is 0.151 e. The van der Waals surface area contributed by atoms with Crippen LogP contribution < -0.4 is 4.74 Å². The molecule has 17 heavy (non-hydrogen) atoms. The molecule has 0 atom stereocenters. The Morgan fingerprint density at radius 1 is 1.53 bits per heavy atom. The number of ether oxygens (including phenoxy) is 1. The lowest BCUT2D eigenvalue weighted by molar-refractivity contribution is -0.114. The Kier molecular flexibility index (Phi) is 4.02. The molecule has 0 aliphatic heterocycles. The summed E-state index contributed by atoms with van der Waals surface area (Å²) in [4.78, 5) is 15.4. The van der Waals surface area contributed by atoms with Crippen LogP contribution in [0.2, 0.25) is 0 Å². The molecule has 5 heteroatoms. The Bertz CT molecular complexity index is 536. The lowest BCUT2D eigenvalue weighted by Crippen LogP contribution is -1.91. The van der Waals surface area contributed by atoms with Gasteiger partial charge in [-0.25, -0.2) is 4.98 Å². The predicted molar refractivity (Wildman–Crippen MR) is 72.2 cm³/mol. The molecule has 0 radical (unpaired) electrons. The number of nitrogens with zero attached hydrogens (tertiary/aromatic N) is 1. The van der Waals surface area contributed by atoms with Crippen LogP contribution in [0.5, 0.6) is 5.75 Å². The van der Waals surface area contributed by atoms with Gasteiger partial charge in [0.05, 0.1) is 22.6 Å². The Balaban J connectivity index is 2.21. The van der Waals surface area contributed by atoms with Crippen molar-refractivity contribution in [2.75, 3.05) is 12.4 Å². The van der Waals surface area contributed by atoms with Gasteiger partial charge in [0.2, 0.25) is 0 Å². The standard InChI is InChI=1S/C12H13NO2S2/c1-3-15-9-4-5-10-11(6-9)17-12(13-10)16-7-8(2)14/h4-6H,3,7H2,1-2H3. The molecule has 3 nitrogen and oxygen atoms in total. The molecule has 0 N–H and O–H groups in total. The van der Waals surface area contributed by atoms with E-state index in [4.69, 9.17) is 4.74 Å². The van der Waals surface area contributed by atoms with Crippen molar-refractivity contribution in [3.8, 4) is 5.75 Å². The zero-order valence-electron chi connectivity index (χ0n) is 9.73. The first kappa shape index (κ1) is 12.4. The first-order valence-corrected chi connectivity index (χ1v) is 7.15. The number of benzene rings is 1. The largest absolute Gasteiger partial charge is 0.494 e. The maximum absolute atomic E-state index is 10.9. The number of thioether (sulfide) groups is 1. The third kappa shape index (κ3) is 3.20. The van der Waals surface area contributed by atoms with Crippen molar-refractivity contribution in [1.82, 2.24) is 4.98 Å². The summed E-state index contributed by atoms with van der Waals surface area (Å²) in [5.74, 6) is 1.52. The quantitative estimate of drug-likeness (QED) is 0.779. The Morgan fingerprint density at radius 3 is 3.06 bits per heavy atom. The molecule has 0 saturated heterocycles. The van der Waals surface area contributed by atoms with Gasteiger partial charge < -0.3 is 4.74 Å². The number of fused-ring (bicyclic) bond motifs is 1. The Labute approximate surface area is 108 Å². The monoisotopic (exact) mass is 267 g/mol. The molecule has 0 bridgehead atoms. The smallest absolute Gasteiger partial charge is 0.151 e. The number of carbonyl (C=O) groups is 1. The van der Waals surface area contributed by atoms with E-state index >= 15 is 0 Å². The number of ketones is 1. The van der Waals surface area contributed by atoms with Crippen molar-refractivity contribution in [3.05, 3.63) is 18.2 Å². The highest BCUT2D eigenvalue weighted by Gasteiger charge is 2.06. The van der Waals surface area contributed by atoms with Crippen molar-refractivity contribution in [2.45, 2.75) is 18.2 Å². The number of carbonyl (C=O) groups excluding carboxylic acids is 1. The highest BCUT2D eigenvalue weighted by atomic mass is 32.2. The minimum Gasteiger partial charge on any atom is -0.494 e. The van der Waals surface area contributed by atoms with Crippen molar-refractivity contribution >= 4 is 39.1 Å². The number of rotatable bonds is 5. The third-order valence-electron chi connectivity index (χ3n) is 2.05. The van der Waals surface area contributed by atoms with Crippen molar-refractivity contribution in [1.29, 1.82) is 0 Å². The number of thiazole rings is 1. The summed E-state index contributed by atoms with van der Waals surface area (Å²) in [6, 6.07) is 5.87. The summed E-state index contributed by atoms with van der Waals surface area (Å²) in [6.07, 6.45) is 0. The molecule has 2 aromatic rings. The van der Waals surface area contributed by atoms with Gasteiger partial charge in [0.25, 0.3) is 0 Å². The third-order valence-corrected chi connectivity index (χ3v) is 4.36. The molecule has 90 valence electrons. The van der Waals surface area contributed by atoms with Crippen LogP contribution in [0.25, 0.3) is 10.2 Å². The molecular weight excluding hydrogens is 254 g/mol. The zero-order valence-corrected chi connectivity index (χ0v) is 11.4. The normalized spacial score (nSPS) is 10.7. The molecular formula is C12H13NO2S2. The minimum atomic E-state index is 0.171. The summed E-state index contributed by atoms with van der Waals surface area (Å²) in [6.45, 7) is 4.22. The molecule has 1 aromatic carbocycles. The zero-order chi connectivity index (χ0) is 12.3. The Morgan fingerprint density at radius 2 is 2.35 bits per heavy atom. The van der Waals surface area contributed by atoms with Crippen LogP contribution in [0.3, 0.4) is 0 Å². The van der Waals surface area contributed by atoms with E-state index in [1.54, 1.807) is 18.3 Å². The second-order valence-corrected chi connectivity index (χ2v) is 5.79. The maximum atomic E-state index is 10.9. The van der Waals surface area contributed by atoms with Crippen LogP contribution >= 0.6 is 23.1 Å². The van der Waals surface area contributed by atoms with E-state index in [9.17, 15) is 4.79 Å². The number of hydrogen-bond donors (Lipinski definition) is 0. The van der Waals surface area contributed by atoms with Gasteiger partial charge in [-0.3, -0.25) is 4.79 Å². The van der Waals surface area contributed by atoms with E-state index in [2.05, 4.69) is 4.98 Å². The van der Waals surface area contributed by atoms with Gasteiger partial charge in [-0.2, -0.15) is 0 Å². The van der Waals surface area contributed by atoms with Crippen LogP contribution in [0.4, 0.5) is 0 Å². The van der Waals surface area contributed by atoms with Gasteiger partial charge in [-0.05, 0) is 32.0 Å². The second-order valence-electron chi connectivity index (χ2n) is 3.53. The first-order chi connectivity index (χ1) is 8.19. The van der Waals surface area contributed by atoms with Crippen molar-refractivity contribution in [3.63, 3.8) is 0 Å². The fourth-order valence-corrected chi connectivity index (χ4v) is 3.26. The van der Waals surface area contributed by atoms with Crippen LogP contribution in [0, 0.1) is 0 Å². The van der Waals surface area contributed by atoms with E-state index in [1.165, 1.54) is 11.8 Å². The highest BCUT2D eigenvalue weighted by molar-refractivity contribution is 8.01. The molecule has 0 saturated carbocycles. The van der Waals surface area contributed by atoms with E-state index in [0.717, 1.165) is 20.3 Å². The van der Waals surface area contributed by atoms with E-state index in [1.807, 2.05) is 25.1 Å². The van der Waals surface area contributed by atoms with E-state index in [-0.39, 0.29) is 5.78 Å². The second kappa shape index (κ2) is 5.51. The summed E-state index contributed by atoms with van der Waals surface area (Å²) in [5.41, 5.74) is 0.963. The molecule has 2 rings (SSSR count). The van der Waals surface area contributed by atoms with Crippen LogP contribution in [-0.2, 0) is 4.79 Å². The fourth-order valence-electron chi connectivity index (χ4n) is 1.37. The van der Waals surface area contributed by atoms with E-state index in [0.29, 0.717) is 12.4 Å². The van der Waals surface area contributed by atoms with Crippen LogP contribution in [0.15, 0.2) is 22.5 Å². The van der Waals surface area contributed by atoms with Gasteiger partial charge in [0, 0.05) is 0 Å². The van der Waals surface area contributed by atoms with Gasteiger partial charge in [0.1, 0.15) is 11.5 Å².